The van der Waals surface area contributed by atoms with E-state index in [4.69, 9.17) is 4.74 Å². The molecular formula is C20H22F3N3O2. The minimum Gasteiger partial charge on any atom is -0.467 e. The molecule has 1 aromatic carbocycles. The minimum atomic E-state index is -4.49. The third-order valence-corrected chi connectivity index (χ3v) is 4.52. The standard InChI is InChI=1S/C20H22F3N3O2/c21-20(22,23)14-28-18-17(9-4-10-24-18)19(27)26-11-5-8-16(13-26)25-12-15-6-2-1-3-7-15/h1-4,6-7,9-10,16,25H,5,8,11-14H2/t16-/m1/s1. The number of likely N-dealkylation sites (tertiary alicyclic amines) is 1. The van der Waals surface area contributed by atoms with Gasteiger partial charge in [0.1, 0.15) is 5.56 Å². The second-order valence-corrected chi connectivity index (χ2v) is 6.72. The highest BCUT2D eigenvalue weighted by Gasteiger charge is 2.31. The van der Waals surface area contributed by atoms with Crippen molar-refractivity contribution in [2.24, 2.45) is 0 Å². The van der Waals surface area contributed by atoms with Crippen molar-refractivity contribution in [3.8, 4) is 5.88 Å². The van der Waals surface area contributed by atoms with Crippen LogP contribution in [0.1, 0.15) is 28.8 Å². The maximum absolute atomic E-state index is 12.9. The third kappa shape index (κ3) is 5.69. The number of amides is 1. The molecule has 0 saturated carbocycles. The second-order valence-electron chi connectivity index (χ2n) is 6.72. The van der Waals surface area contributed by atoms with Crippen LogP contribution in [0, 0.1) is 0 Å². The molecule has 0 unspecified atom stereocenters. The molecule has 150 valence electrons. The van der Waals surface area contributed by atoms with Gasteiger partial charge in [0, 0.05) is 31.9 Å². The second kappa shape index (κ2) is 9.05. The number of pyridine rings is 1. The summed E-state index contributed by atoms with van der Waals surface area (Å²) in [4.78, 5) is 18.3. The van der Waals surface area contributed by atoms with Gasteiger partial charge in [-0.3, -0.25) is 4.79 Å². The zero-order chi connectivity index (χ0) is 20.0. The van der Waals surface area contributed by atoms with Gasteiger partial charge in [0.05, 0.1) is 0 Å². The Morgan fingerprint density at radius 1 is 1.21 bits per heavy atom. The molecular weight excluding hydrogens is 371 g/mol. The Bertz CT molecular complexity index is 784. The van der Waals surface area contributed by atoms with Crippen molar-refractivity contribution in [3.63, 3.8) is 0 Å². The first-order chi connectivity index (χ1) is 13.4. The van der Waals surface area contributed by atoms with Gasteiger partial charge in [-0.25, -0.2) is 4.98 Å². The summed E-state index contributed by atoms with van der Waals surface area (Å²) < 4.78 is 42.1. The van der Waals surface area contributed by atoms with E-state index in [0.717, 1.165) is 18.4 Å². The minimum absolute atomic E-state index is 0.0514. The van der Waals surface area contributed by atoms with E-state index in [2.05, 4.69) is 10.3 Å². The van der Waals surface area contributed by atoms with E-state index in [0.29, 0.717) is 19.6 Å². The highest BCUT2D eigenvalue weighted by atomic mass is 19.4. The Morgan fingerprint density at radius 2 is 2.00 bits per heavy atom. The van der Waals surface area contributed by atoms with E-state index in [1.165, 1.54) is 18.3 Å². The molecule has 3 rings (SSSR count). The number of ether oxygens (including phenoxy) is 1. The van der Waals surface area contributed by atoms with Crippen LogP contribution in [-0.2, 0) is 6.54 Å². The Labute approximate surface area is 161 Å². The maximum Gasteiger partial charge on any atom is 0.422 e. The Hall–Kier alpha value is -2.61. The van der Waals surface area contributed by atoms with Crippen LogP contribution >= 0.6 is 0 Å². The average molecular weight is 393 g/mol. The summed E-state index contributed by atoms with van der Waals surface area (Å²) in [5, 5.41) is 3.44. The van der Waals surface area contributed by atoms with Crippen LogP contribution in [0.15, 0.2) is 48.7 Å². The van der Waals surface area contributed by atoms with E-state index in [1.54, 1.807) is 4.90 Å². The molecule has 0 spiro atoms. The Balaban J connectivity index is 1.62. The van der Waals surface area contributed by atoms with Gasteiger partial charge >= 0.3 is 6.18 Å². The van der Waals surface area contributed by atoms with Crippen molar-refractivity contribution in [2.75, 3.05) is 19.7 Å². The lowest BCUT2D eigenvalue weighted by Crippen LogP contribution is -2.47. The Kier molecular flexibility index (Phi) is 6.51. The number of aromatic nitrogens is 1. The molecule has 1 aliphatic heterocycles. The number of hydrogen-bond acceptors (Lipinski definition) is 4. The molecule has 1 N–H and O–H groups in total. The Morgan fingerprint density at radius 3 is 2.75 bits per heavy atom. The first-order valence-electron chi connectivity index (χ1n) is 9.13. The number of hydrogen-bond donors (Lipinski definition) is 1. The van der Waals surface area contributed by atoms with Gasteiger partial charge in [-0.2, -0.15) is 13.2 Å². The highest BCUT2D eigenvalue weighted by molar-refractivity contribution is 5.96. The quantitative estimate of drug-likeness (QED) is 0.817. The SMILES string of the molecule is O=C(c1cccnc1OCC(F)(F)F)N1CCC[C@@H](NCc2ccccc2)C1. The smallest absolute Gasteiger partial charge is 0.422 e. The topological polar surface area (TPSA) is 54.5 Å². The van der Waals surface area contributed by atoms with Crippen LogP contribution < -0.4 is 10.1 Å². The van der Waals surface area contributed by atoms with Crippen LogP contribution in [0.3, 0.4) is 0 Å². The number of carbonyl (C=O) groups excluding carboxylic acids is 1. The molecule has 28 heavy (non-hydrogen) atoms. The van der Waals surface area contributed by atoms with E-state index in [9.17, 15) is 18.0 Å². The zero-order valence-corrected chi connectivity index (χ0v) is 15.3. The van der Waals surface area contributed by atoms with Crippen molar-refractivity contribution in [1.29, 1.82) is 0 Å². The lowest BCUT2D eigenvalue weighted by Gasteiger charge is -2.33. The average Bonchev–Trinajstić information content (AvgIpc) is 2.71. The van der Waals surface area contributed by atoms with Gasteiger partial charge in [-0.05, 0) is 30.5 Å². The fourth-order valence-corrected chi connectivity index (χ4v) is 3.18. The maximum atomic E-state index is 12.9. The molecule has 0 bridgehead atoms. The summed E-state index contributed by atoms with van der Waals surface area (Å²) in [5.74, 6) is -0.652. The van der Waals surface area contributed by atoms with Crippen molar-refractivity contribution in [3.05, 3.63) is 59.8 Å². The van der Waals surface area contributed by atoms with Crippen LogP contribution in [0.5, 0.6) is 5.88 Å². The first-order valence-corrected chi connectivity index (χ1v) is 9.13. The van der Waals surface area contributed by atoms with E-state index in [1.807, 2.05) is 30.3 Å². The van der Waals surface area contributed by atoms with Gasteiger partial charge < -0.3 is 15.0 Å². The number of rotatable bonds is 6. The van der Waals surface area contributed by atoms with E-state index in [-0.39, 0.29) is 23.4 Å². The van der Waals surface area contributed by atoms with Crippen molar-refractivity contribution in [2.45, 2.75) is 31.6 Å². The summed E-state index contributed by atoms with van der Waals surface area (Å²) in [6, 6.07) is 13.0. The normalized spacial score (nSPS) is 17.4. The number of carbonyl (C=O) groups is 1. The predicted molar refractivity (Wildman–Crippen MR) is 98.0 cm³/mol. The number of piperidine rings is 1. The van der Waals surface area contributed by atoms with Gasteiger partial charge in [0.25, 0.3) is 5.91 Å². The summed E-state index contributed by atoms with van der Waals surface area (Å²) in [6.07, 6.45) is -1.43. The van der Waals surface area contributed by atoms with Crippen molar-refractivity contribution >= 4 is 5.91 Å². The van der Waals surface area contributed by atoms with Gasteiger partial charge in [-0.15, -0.1) is 0 Å². The molecule has 1 amide bonds. The van der Waals surface area contributed by atoms with Crippen LogP contribution in [0.2, 0.25) is 0 Å². The van der Waals surface area contributed by atoms with Crippen LogP contribution in [0.4, 0.5) is 13.2 Å². The van der Waals surface area contributed by atoms with Crippen LogP contribution in [-0.4, -0.2) is 47.7 Å². The predicted octanol–water partition coefficient (Wildman–Crippen LogP) is 3.42. The molecule has 2 aromatic rings. The lowest BCUT2D eigenvalue weighted by molar-refractivity contribution is -0.154. The van der Waals surface area contributed by atoms with E-state index < -0.39 is 12.8 Å². The first kappa shape index (κ1) is 20.1. The molecule has 1 aromatic heterocycles. The summed E-state index contributed by atoms with van der Waals surface area (Å²) in [5.41, 5.74) is 1.21. The van der Waals surface area contributed by atoms with Crippen molar-refractivity contribution in [1.82, 2.24) is 15.2 Å². The van der Waals surface area contributed by atoms with E-state index >= 15 is 0 Å². The van der Waals surface area contributed by atoms with Gasteiger partial charge in [0.2, 0.25) is 5.88 Å². The number of benzene rings is 1. The highest BCUT2D eigenvalue weighted by Crippen LogP contribution is 2.22. The molecule has 1 fully saturated rings. The summed E-state index contributed by atoms with van der Waals surface area (Å²) in [6.45, 7) is 0.251. The summed E-state index contributed by atoms with van der Waals surface area (Å²) >= 11 is 0. The summed E-state index contributed by atoms with van der Waals surface area (Å²) in [7, 11) is 0. The van der Waals surface area contributed by atoms with Gasteiger partial charge in [0.15, 0.2) is 6.61 Å². The molecule has 1 aliphatic rings. The van der Waals surface area contributed by atoms with Gasteiger partial charge in [-0.1, -0.05) is 30.3 Å². The largest absolute Gasteiger partial charge is 0.467 e. The molecule has 5 nitrogen and oxygen atoms in total. The fourth-order valence-electron chi connectivity index (χ4n) is 3.18. The number of alkyl halides is 3. The number of nitrogens with one attached hydrogen (secondary N) is 1. The van der Waals surface area contributed by atoms with Crippen LogP contribution in [0.25, 0.3) is 0 Å². The lowest BCUT2D eigenvalue weighted by atomic mass is 10.0. The molecule has 1 atom stereocenters. The molecule has 0 aliphatic carbocycles. The molecule has 1 saturated heterocycles. The monoisotopic (exact) mass is 393 g/mol. The molecule has 0 radical (unpaired) electrons. The molecule has 8 heteroatoms. The number of halogens is 3. The fraction of sp³-hybridized carbons (Fsp3) is 0.400. The molecule has 2 heterocycles. The zero-order valence-electron chi connectivity index (χ0n) is 15.3. The number of nitrogens with zero attached hydrogens (tertiary/aromatic N) is 2. The third-order valence-electron chi connectivity index (χ3n) is 4.52. The van der Waals surface area contributed by atoms with Crippen molar-refractivity contribution < 1.29 is 22.7 Å².